The molecule has 1 fully saturated rings. The van der Waals surface area contributed by atoms with Crippen LogP contribution in [0.4, 0.5) is 10.5 Å². The second kappa shape index (κ2) is 6.81. The second-order valence-corrected chi connectivity index (χ2v) is 7.21. The van der Waals surface area contributed by atoms with Crippen LogP contribution in [0.3, 0.4) is 0 Å². The second-order valence-electron chi connectivity index (χ2n) is 7.21. The molecule has 6 nitrogen and oxygen atoms in total. The maximum Gasteiger partial charge on any atom is 0.411 e. The molecule has 0 spiro atoms. The van der Waals surface area contributed by atoms with Gasteiger partial charge in [0.05, 0.1) is 6.10 Å². The summed E-state index contributed by atoms with van der Waals surface area (Å²) in [5.74, 6) is -0.323. The SMILES string of the molecule is Cc1cccc(N(C)C(=O)[C@@H]2[C@H](O)CCN2C(=O)OC(C)(C)C)c1. The number of aliphatic hydroxyl groups excluding tert-OH is 1. The largest absolute Gasteiger partial charge is 0.444 e. The molecule has 0 saturated carbocycles. The molecule has 2 atom stereocenters. The molecule has 1 aliphatic rings. The monoisotopic (exact) mass is 334 g/mol. The minimum atomic E-state index is -0.926. The van der Waals surface area contributed by atoms with Crippen LogP contribution in [0.5, 0.6) is 0 Å². The van der Waals surface area contributed by atoms with E-state index in [0.717, 1.165) is 11.3 Å². The summed E-state index contributed by atoms with van der Waals surface area (Å²) in [5, 5.41) is 10.2. The Hall–Kier alpha value is -2.08. The van der Waals surface area contributed by atoms with E-state index in [1.807, 2.05) is 31.2 Å². The summed E-state index contributed by atoms with van der Waals surface area (Å²) in [7, 11) is 1.65. The highest BCUT2D eigenvalue weighted by atomic mass is 16.6. The summed E-state index contributed by atoms with van der Waals surface area (Å²) in [6.45, 7) is 7.56. The van der Waals surface area contributed by atoms with E-state index in [1.54, 1.807) is 27.8 Å². The van der Waals surface area contributed by atoms with Gasteiger partial charge in [0, 0.05) is 19.3 Å². The van der Waals surface area contributed by atoms with Crippen molar-refractivity contribution in [2.75, 3.05) is 18.5 Å². The third-order valence-corrected chi connectivity index (χ3v) is 3.97. The molecule has 1 aromatic rings. The van der Waals surface area contributed by atoms with Gasteiger partial charge in [0.15, 0.2) is 0 Å². The summed E-state index contributed by atoms with van der Waals surface area (Å²) >= 11 is 0. The number of likely N-dealkylation sites (tertiary alicyclic amines) is 1. The number of likely N-dealkylation sites (N-methyl/N-ethyl adjacent to an activating group) is 1. The Kier molecular flexibility index (Phi) is 5.18. The van der Waals surface area contributed by atoms with E-state index in [9.17, 15) is 14.7 Å². The average molecular weight is 334 g/mol. The van der Waals surface area contributed by atoms with Crippen molar-refractivity contribution in [3.63, 3.8) is 0 Å². The molecular formula is C18H26N2O4. The van der Waals surface area contributed by atoms with Crippen LogP contribution in [-0.4, -0.2) is 53.3 Å². The molecule has 1 saturated heterocycles. The van der Waals surface area contributed by atoms with E-state index in [1.165, 1.54) is 9.80 Å². The predicted octanol–water partition coefficient (Wildman–Crippen LogP) is 2.33. The lowest BCUT2D eigenvalue weighted by Gasteiger charge is -2.31. The lowest BCUT2D eigenvalue weighted by atomic mass is 10.1. The first-order valence-corrected chi connectivity index (χ1v) is 8.12. The molecule has 132 valence electrons. The van der Waals surface area contributed by atoms with Gasteiger partial charge in [-0.3, -0.25) is 9.69 Å². The molecule has 0 aliphatic carbocycles. The van der Waals surface area contributed by atoms with E-state index in [4.69, 9.17) is 4.74 Å². The van der Waals surface area contributed by atoms with Crippen molar-refractivity contribution in [3.8, 4) is 0 Å². The van der Waals surface area contributed by atoms with Crippen LogP contribution in [0.1, 0.15) is 32.8 Å². The number of anilines is 1. The zero-order valence-electron chi connectivity index (χ0n) is 14.9. The molecule has 1 N–H and O–H groups in total. The number of hydrogen-bond donors (Lipinski definition) is 1. The maximum absolute atomic E-state index is 12.9. The quantitative estimate of drug-likeness (QED) is 0.901. The Bertz CT molecular complexity index is 624. The fourth-order valence-corrected chi connectivity index (χ4v) is 2.76. The molecule has 1 aliphatic heterocycles. The van der Waals surface area contributed by atoms with Crippen molar-refractivity contribution in [1.29, 1.82) is 0 Å². The highest BCUT2D eigenvalue weighted by Crippen LogP contribution is 2.25. The van der Waals surface area contributed by atoms with E-state index in [-0.39, 0.29) is 5.91 Å². The summed E-state index contributed by atoms with van der Waals surface area (Å²) < 4.78 is 5.36. The topological polar surface area (TPSA) is 70.1 Å². The molecule has 0 unspecified atom stereocenters. The summed E-state index contributed by atoms with van der Waals surface area (Å²) in [4.78, 5) is 28.0. The van der Waals surface area contributed by atoms with Crippen LogP contribution in [0.15, 0.2) is 24.3 Å². The van der Waals surface area contributed by atoms with Gasteiger partial charge in [0.2, 0.25) is 0 Å². The normalized spacial score (nSPS) is 20.8. The van der Waals surface area contributed by atoms with Crippen LogP contribution in [0.25, 0.3) is 0 Å². The first-order valence-electron chi connectivity index (χ1n) is 8.12. The number of carbonyl (C=O) groups is 2. The Balaban J connectivity index is 2.20. The standard InChI is InChI=1S/C18H26N2O4/c1-12-7-6-8-13(11-12)19(5)16(22)15-14(21)9-10-20(15)17(23)24-18(2,3)4/h6-8,11,14-15,21H,9-10H2,1-5H3/t14-,15+/m1/s1. The Morgan fingerprint density at radius 3 is 2.58 bits per heavy atom. The fraction of sp³-hybridized carbons (Fsp3) is 0.556. The van der Waals surface area contributed by atoms with E-state index in [2.05, 4.69) is 0 Å². The molecule has 1 heterocycles. The molecule has 0 bridgehead atoms. The minimum absolute atomic E-state index is 0.300. The number of aryl methyl sites for hydroxylation is 1. The first-order chi connectivity index (χ1) is 11.1. The Morgan fingerprint density at radius 2 is 2.00 bits per heavy atom. The van der Waals surface area contributed by atoms with Crippen LogP contribution >= 0.6 is 0 Å². The van der Waals surface area contributed by atoms with Gasteiger partial charge in [-0.2, -0.15) is 0 Å². The van der Waals surface area contributed by atoms with Gasteiger partial charge < -0.3 is 14.7 Å². The summed E-state index contributed by atoms with van der Waals surface area (Å²) in [6, 6.07) is 6.59. The third-order valence-electron chi connectivity index (χ3n) is 3.97. The molecule has 1 aromatic carbocycles. The predicted molar refractivity (Wildman–Crippen MR) is 91.9 cm³/mol. The molecule has 2 amide bonds. The van der Waals surface area contributed by atoms with Gasteiger partial charge in [-0.05, 0) is 51.8 Å². The molecule has 24 heavy (non-hydrogen) atoms. The fourth-order valence-electron chi connectivity index (χ4n) is 2.76. The molecule has 2 rings (SSSR count). The average Bonchev–Trinajstić information content (AvgIpc) is 2.86. The number of hydrogen-bond acceptors (Lipinski definition) is 4. The molecular weight excluding hydrogens is 308 g/mol. The number of benzene rings is 1. The maximum atomic E-state index is 12.9. The van der Waals surface area contributed by atoms with E-state index in [0.29, 0.717) is 13.0 Å². The number of nitrogens with zero attached hydrogens (tertiary/aromatic N) is 2. The Morgan fingerprint density at radius 1 is 1.33 bits per heavy atom. The lowest BCUT2D eigenvalue weighted by molar-refractivity contribution is -0.125. The number of carbonyl (C=O) groups excluding carboxylic acids is 2. The van der Waals surface area contributed by atoms with Crippen molar-refractivity contribution in [1.82, 2.24) is 4.90 Å². The lowest BCUT2D eigenvalue weighted by Crippen LogP contribution is -2.51. The zero-order valence-corrected chi connectivity index (χ0v) is 14.9. The summed E-state index contributed by atoms with van der Waals surface area (Å²) in [6.07, 6.45) is -1.11. The number of ether oxygens (including phenoxy) is 1. The zero-order chi connectivity index (χ0) is 18.1. The number of rotatable bonds is 2. The van der Waals surface area contributed by atoms with E-state index >= 15 is 0 Å². The van der Waals surface area contributed by atoms with Crippen LogP contribution < -0.4 is 4.90 Å². The van der Waals surface area contributed by atoms with Crippen LogP contribution in [-0.2, 0) is 9.53 Å². The Labute approximate surface area is 143 Å². The molecule has 0 radical (unpaired) electrons. The van der Waals surface area contributed by atoms with Crippen LogP contribution in [0.2, 0.25) is 0 Å². The van der Waals surface area contributed by atoms with Gasteiger partial charge in [0.25, 0.3) is 5.91 Å². The van der Waals surface area contributed by atoms with Crippen molar-refractivity contribution >= 4 is 17.7 Å². The van der Waals surface area contributed by atoms with Crippen molar-refractivity contribution < 1.29 is 19.4 Å². The first kappa shape index (κ1) is 18.3. The van der Waals surface area contributed by atoms with Gasteiger partial charge in [-0.1, -0.05) is 12.1 Å². The molecule has 6 heteroatoms. The highest BCUT2D eigenvalue weighted by Gasteiger charge is 2.44. The van der Waals surface area contributed by atoms with Crippen molar-refractivity contribution in [3.05, 3.63) is 29.8 Å². The van der Waals surface area contributed by atoms with Crippen molar-refractivity contribution in [2.24, 2.45) is 0 Å². The third kappa shape index (κ3) is 4.06. The summed E-state index contributed by atoms with van der Waals surface area (Å²) in [5.41, 5.74) is 1.10. The van der Waals surface area contributed by atoms with E-state index < -0.39 is 23.8 Å². The number of aliphatic hydroxyl groups is 1. The van der Waals surface area contributed by atoms with Gasteiger partial charge >= 0.3 is 6.09 Å². The molecule has 0 aromatic heterocycles. The van der Waals surface area contributed by atoms with Crippen molar-refractivity contribution in [2.45, 2.75) is 51.9 Å². The van der Waals surface area contributed by atoms with Crippen LogP contribution in [0, 0.1) is 6.92 Å². The minimum Gasteiger partial charge on any atom is -0.444 e. The van der Waals surface area contributed by atoms with Gasteiger partial charge in [-0.15, -0.1) is 0 Å². The smallest absolute Gasteiger partial charge is 0.411 e. The van der Waals surface area contributed by atoms with Gasteiger partial charge in [-0.25, -0.2) is 4.79 Å². The number of amides is 2. The van der Waals surface area contributed by atoms with Gasteiger partial charge in [0.1, 0.15) is 11.6 Å². The highest BCUT2D eigenvalue weighted by molar-refractivity contribution is 5.99.